The Balaban J connectivity index is 2.74. The molecule has 14 heavy (non-hydrogen) atoms. The molecule has 0 radical (unpaired) electrons. The normalized spacial score (nSPS) is 23.2. The SMILES string of the molecule is C=C/C(=C\C)C1=NC(CCN)N(C)N1. The van der Waals surface area contributed by atoms with Crippen LogP contribution in [0.2, 0.25) is 0 Å². The van der Waals surface area contributed by atoms with Crippen molar-refractivity contribution in [2.45, 2.75) is 19.5 Å². The molecule has 1 aliphatic rings. The molecule has 1 aliphatic heterocycles. The highest BCUT2D eigenvalue weighted by atomic mass is 15.6. The first-order chi connectivity index (χ1) is 6.72. The quantitative estimate of drug-likeness (QED) is 0.646. The van der Waals surface area contributed by atoms with E-state index in [4.69, 9.17) is 5.73 Å². The van der Waals surface area contributed by atoms with Gasteiger partial charge >= 0.3 is 0 Å². The Labute approximate surface area is 85.2 Å². The Morgan fingerprint density at radius 3 is 3.00 bits per heavy atom. The fourth-order valence-electron chi connectivity index (χ4n) is 1.40. The fraction of sp³-hybridized carbons (Fsp3) is 0.500. The third-order valence-corrected chi connectivity index (χ3v) is 2.24. The van der Waals surface area contributed by atoms with E-state index in [1.807, 2.05) is 25.1 Å². The second-order valence-corrected chi connectivity index (χ2v) is 3.21. The molecule has 0 fully saturated rings. The molecule has 0 aromatic rings. The Morgan fingerprint density at radius 1 is 1.79 bits per heavy atom. The predicted molar refractivity (Wildman–Crippen MR) is 59.7 cm³/mol. The van der Waals surface area contributed by atoms with Crippen LogP contribution in [-0.2, 0) is 0 Å². The van der Waals surface area contributed by atoms with Gasteiger partial charge in [0.05, 0.1) is 0 Å². The van der Waals surface area contributed by atoms with Crippen molar-refractivity contribution >= 4 is 5.84 Å². The molecule has 3 N–H and O–H groups in total. The van der Waals surface area contributed by atoms with Gasteiger partial charge in [-0.3, -0.25) is 0 Å². The maximum Gasteiger partial charge on any atom is 0.144 e. The minimum absolute atomic E-state index is 0.143. The Morgan fingerprint density at radius 2 is 2.50 bits per heavy atom. The summed E-state index contributed by atoms with van der Waals surface area (Å²) in [7, 11) is 1.97. The lowest BCUT2D eigenvalue weighted by atomic mass is 10.2. The standard InChI is InChI=1S/C10H18N4/c1-4-8(5-2)10-12-9(6-7-11)14(3)13-10/h4-5,9H,1,6-7,11H2,2-3H3,(H,12,13)/b8-5+. The number of hydrogen-bond donors (Lipinski definition) is 2. The summed E-state index contributed by atoms with van der Waals surface area (Å²) < 4.78 is 0. The summed E-state index contributed by atoms with van der Waals surface area (Å²) in [5, 5.41) is 1.97. The lowest BCUT2D eigenvalue weighted by Crippen LogP contribution is -2.38. The number of aliphatic imine (C=N–C) groups is 1. The van der Waals surface area contributed by atoms with Gasteiger partial charge in [0.25, 0.3) is 0 Å². The van der Waals surface area contributed by atoms with Gasteiger partial charge in [-0.15, -0.1) is 0 Å². The molecule has 0 spiro atoms. The predicted octanol–water partition coefficient (Wildman–Crippen LogP) is 0.642. The van der Waals surface area contributed by atoms with Crippen LogP contribution < -0.4 is 11.2 Å². The molecule has 1 heterocycles. The van der Waals surface area contributed by atoms with Crippen LogP contribution in [0.4, 0.5) is 0 Å². The summed E-state index contributed by atoms with van der Waals surface area (Å²) in [4.78, 5) is 4.51. The van der Waals surface area contributed by atoms with Crippen molar-refractivity contribution in [3.63, 3.8) is 0 Å². The van der Waals surface area contributed by atoms with Gasteiger partial charge in [-0.25, -0.2) is 10.0 Å². The molecule has 1 atom stereocenters. The summed E-state index contributed by atoms with van der Waals surface area (Å²) in [6.07, 6.45) is 4.79. The first kappa shape index (κ1) is 10.9. The van der Waals surface area contributed by atoms with Crippen LogP contribution in [0, 0.1) is 0 Å². The summed E-state index contributed by atoms with van der Waals surface area (Å²) in [5.74, 6) is 0.878. The van der Waals surface area contributed by atoms with Crippen LogP contribution in [0.5, 0.6) is 0 Å². The average Bonchev–Trinajstić information content (AvgIpc) is 2.51. The van der Waals surface area contributed by atoms with Gasteiger partial charge in [-0.05, 0) is 19.9 Å². The van der Waals surface area contributed by atoms with Crippen molar-refractivity contribution in [1.29, 1.82) is 0 Å². The zero-order chi connectivity index (χ0) is 10.6. The van der Waals surface area contributed by atoms with E-state index in [1.165, 1.54) is 0 Å². The van der Waals surface area contributed by atoms with Crippen LogP contribution >= 0.6 is 0 Å². The number of amidine groups is 1. The van der Waals surface area contributed by atoms with E-state index < -0.39 is 0 Å². The highest BCUT2D eigenvalue weighted by Gasteiger charge is 2.22. The maximum atomic E-state index is 5.50. The molecule has 0 saturated heterocycles. The molecule has 0 aromatic heterocycles. The third-order valence-electron chi connectivity index (χ3n) is 2.24. The Bertz CT molecular complexity index is 267. The van der Waals surface area contributed by atoms with Crippen molar-refractivity contribution in [3.8, 4) is 0 Å². The number of nitrogens with one attached hydrogen (secondary N) is 1. The Hall–Kier alpha value is -1.13. The molecule has 0 aromatic carbocycles. The van der Waals surface area contributed by atoms with Crippen LogP contribution in [-0.4, -0.2) is 30.6 Å². The zero-order valence-corrected chi connectivity index (χ0v) is 8.83. The summed E-state index contributed by atoms with van der Waals surface area (Å²) in [6.45, 7) is 6.36. The largest absolute Gasteiger partial charge is 0.330 e. The van der Waals surface area contributed by atoms with Crippen LogP contribution in [0.25, 0.3) is 0 Å². The minimum atomic E-state index is 0.143. The molecule has 78 valence electrons. The summed E-state index contributed by atoms with van der Waals surface area (Å²) in [6, 6.07) is 0. The van der Waals surface area contributed by atoms with Gasteiger partial charge in [0, 0.05) is 12.6 Å². The second-order valence-electron chi connectivity index (χ2n) is 3.21. The van der Waals surface area contributed by atoms with Crippen molar-refractivity contribution in [2.24, 2.45) is 10.7 Å². The van der Waals surface area contributed by atoms with Gasteiger partial charge in [0.15, 0.2) is 0 Å². The van der Waals surface area contributed by atoms with Crippen molar-refractivity contribution in [3.05, 3.63) is 24.3 Å². The van der Waals surface area contributed by atoms with E-state index in [9.17, 15) is 0 Å². The number of hydrogen-bond acceptors (Lipinski definition) is 4. The van der Waals surface area contributed by atoms with E-state index in [2.05, 4.69) is 17.0 Å². The molecule has 0 saturated carbocycles. The van der Waals surface area contributed by atoms with Gasteiger partial charge in [0.1, 0.15) is 12.0 Å². The van der Waals surface area contributed by atoms with Gasteiger partial charge < -0.3 is 11.2 Å². The van der Waals surface area contributed by atoms with Crippen molar-refractivity contribution in [2.75, 3.05) is 13.6 Å². The van der Waals surface area contributed by atoms with Crippen LogP contribution in [0.3, 0.4) is 0 Å². The Kier molecular flexibility index (Phi) is 3.85. The number of nitrogens with two attached hydrogens (primary N) is 1. The molecule has 4 nitrogen and oxygen atoms in total. The number of hydrazine groups is 1. The summed E-state index contributed by atoms with van der Waals surface area (Å²) in [5.41, 5.74) is 9.70. The van der Waals surface area contributed by atoms with E-state index in [0.717, 1.165) is 17.8 Å². The van der Waals surface area contributed by atoms with Crippen molar-refractivity contribution in [1.82, 2.24) is 10.4 Å². The smallest absolute Gasteiger partial charge is 0.144 e. The topological polar surface area (TPSA) is 53.6 Å². The van der Waals surface area contributed by atoms with E-state index in [-0.39, 0.29) is 6.17 Å². The third kappa shape index (κ3) is 2.21. The number of rotatable bonds is 4. The lowest BCUT2D eigenvalue weighted by Gasteiger charge is -2.16. The highest BCUT2D eigenvalue weighted by molar-refractivity contribution is 6.01. The second kappa shape index (κ2) is 4.93. The van der Waals surface area contributed by atoms with Gasteiger partial charge in [0.2, 0.25) is 0 Å². The van der Waals surface area contributed by atoms with E-state index in [1.54, 1.807) is 6.08 Å². The molecule has 4 heteroatoms. The van der Waals surface area contributed by atoms with Gasteiger partial charge in [-0.2, -0.15) is 0 Å². The fourth-order valence-corrected chi connectivity index (χ4v) is 1.40. The van der Waals surface area contributed by atoms with E-state index >= 15 is 0 Å². The lowest BCUT2D eigenvalue weighted by molar-refractivity contribution is 0.231. The highest BCUT2D eigenvalue weighted by Crippen LogP contribution is 2.11. The van der Waals surface area contributed by atoms with Crippen LogP contribution in [0.1, 0.15) is 13.3 Å². The molecule has 0 aliphatic carbocycles. The molecule has 1 unspecified atom stereocenters. The first-order valence-corrected chi connectivity index (χ1v) is 4.79. The number of nitrogens with zero attached hydrogens (tertiary/aromatic N) is 2. The molecular formula is C10H18N4. The maximum absolute atomic E-state index is 5.50. The molecule has 1 rings (SSSR count). The van der Waals surface area contributed by atoms with Crippen LogP contribution in [0.15, 0.2) is 29.3 Å². The van der Waals surface area contributed by atoms with E-state index in [0.29, 0.717) is 6.54 Å². The molecule has 0 bridgehead atoms. The first-order valence-electron chi connectivity index (χ1n) is 4.79. The van der Waals surface area contributed by atoms with Gasteiger partial charge in [-0.1, -0.05) is 18.7 Å². The average molecular weight is 194 g/mol. The molecule has 0 amide bonds. The van der Waals surface area contributed by atoms with Crippen molar-refractivity contribution < 1.29 is 0 Å². The molecular weight excluding hydrogens is 176 g/mol. The number of allylic oxidation sites excluding steroid dienone is 1. The minimum Gasteiger partial charge on any atom is -0.330 e. The zero-order valence-electron chi connectivity index (χ0n) is 8.83. The summed E-state index contributed by atoms with van der Waals surface area (Å²) >= 11 is 0. The monoisotopic (exact) mass is 194 g/mol.